The van der Waals surface area contributed by atoms with Crippen molar-refractivity contribution in [1.82, 2.24) is 19.8 Å². The molecule has 0 aromatic carbocycles. The molecule has 1 aromatic rings. The van der Waals surface area contributed by atoms with Crippen molar-refractivity contribution in [3.05, 3.63) is 12.3 Å². The van der Waals surface area contributed by atoms with Gasteiger partial charge in [0, 0.05) is 33.4 Å². The number of nitrogens with one attached hydrogen (secondary N) is 1. The highest BCUT2D eigenvalue weighted by molar-refractivity contribution is 5.95. The van der Waals surface area contributed by atoms with Gasteiger partial charge in [0.05, 0.1) is 13.1 Å². The van der Waals surface area contributed by atoms with Gasteiger partial charge in [-0.15, -0.1) is 0 Å². The minimum Gasteiger partial charge on any atom is -0.373 e. The number of rotatable bonds is 2. The van der Waals surface area contributed by atoms with Crippen LogP contribution in [0.3, 0.4) is 0 Å². The number of piperazine rings is 2. The molecule has 21 heavy (non-hydrogen) atoms. The number of likely N-dealkylation sites (N-methyl/N-ethyl adjacent to an activating group) is 1. The average molecular weight is 290 g/mol. The Hall–Kier alpha value is -2.38. The lowest BCUT2D eigenvalue weighted by Gasteiger charge is -2.45. The standard InChI is InChI=1S/C13H18N6O2/c1-14-10-3-4-15-13(16-10)18-5-6-19-9(7-18)12(21)17(2)8-11(19)20/h3-4,9H,5-8H2,1-2H3,(H,14,15,16). The van der Waals surface area contributed by atoms with Crippen LogP contribution in [0.4, 0.5) is 11.8 Å². The smallest absolute Gasteiger partial charge is 0.247 e. The number of hydrogen-bond donors (Lipinski definition) is 1. The zero-order chi connectivity index (χ0) is 15.0. The van der Waals surface area contributed by atoms with Gasteiger partial charge in [-0.05, 0) is 6.07 Å². The van der Waals surface area contributed by atoms with Crippen molar-refractivity contribution in [3.63, 3.8) is 0 Å². The maximum atomic E-state index is 12.3. The Morgan fingerprint density at radius 3 is 2.90 bits per heavy atom. The molecule has 1 N–H and O–H groups in total. The highest BCUT2D eigenvalue weighted by Gasteiger charge is 2.41. The summed E-state index contributed by atoms with van der Waals surface area (Å²) in [6.07, 6.45) is 1.68. The van der Waals surface area contributed by atoms with E-state index >= 15 is 0 Å². The number of amides is 2. The molecule has 0 spiro atoms. The van der Waals surface area contributed by atoms with E-state index in [0.717, 1.165) is 5.82 Å². The Kier molecular flexibility index (Phi) is 3.36. The van der Waals surface area contributed by atoms with Crippen molar-refractivity contribution in [2.45, 2.75) is 6.04 Å². The summed E-state index contributed by atoms with van der Waals surface area (Å²) >= 11 is 0. The van der Waals surface area contributed by atoms with Gasteiger partial charge in [-0.3, -0.25) is 9.59 Å². The lowest BCUT2D eigenvalue weighted by atomic mass is 10.1. The van der Waals surface area contributed by atoms with Crippen LogP contribution in [0.25, 0.3) is 0 Å². The molecule has 1 aromatic heterocycles. The first-order valence-electron chi connectivity index (χ1n) is 6.90. The molecular formula is C13H18N6O2. The molecule has 8 heteroatoms. The van der Waals surface area contributed by atoms with E-state index in [1.54, 1.807) is 31.3 Å². The third-order valence-corrected chi connectivity index (χ3v) is 3.92. The Bertz CT molecular complexity index is 578. The fraction of sp³-hybridized carbons (Fsp3) is 0.538. The van der Waals surface area contributed by atoms with Crippen molar-refractivity contribution >= 4 is 23.6 Å². The zero-order valence-corrected chi connectivity index (χ0v) is 12.1. The molecule has 8 nitrogen and oxygen atoms in total. The van der Waals surface area contributed by atoms with Gasteiger partial charge in [-0.1, -0.05) is 0 Å². The fourth-order valence-corrected chi connectivity index (χ4v) is 2.74. The first kappa shape index (κ1) is 13.6. The van der Waals surface area contributed by atoms with Gasteiger partial charge < -0.3 is 20.0 Å². The molecule has 2 fully saturated rings. The minimum absolute atomic E-state index is 0.00615. The van der Waals surface area contributed by atoms with E-state index < -0.39 is 6.04 Å². The second-order valence-electron chi connectivity index (χ2n) is 5.24. The van der Waals surface area contributed by atoms with Gasteiger partial charge in [0.2, 0.25) is 17.8 Å². The largest absolute Gasteiger partial charge is 0.373 e. The molecule has 2 amide bonds. The molecule has 0 aliphatic carbocycles. The summed E-state index contributed by atoms with van der Waals surface area (Å²) in [4.78, 5) is 38.0. The predicted octanol–water partition coefficient (Wildman–Crippen LogP) is -0.992. The van der Waals surface area contributed by atoms with Crippen molar-refractivity contribution in [2.24, 2.45) is 0 Å². The van der Waals surface area contributed by atoms with E-state index in [1.807, 2.05) is 4.90 Å². The Morgan fingerprint density at radius 2 is 2.14 bits per heavy atom. The summed E-state index contributed by atoms with van der Waals surface area (Å²) in [5.41, 5.74) is 0. The van der Waals surface area contributed by atoms with Gasteiger partial charge >= 0.3 is 0 Å². The van der Waals surface area contributed by atoms with E-state index in [2.05, 4.69) is 15.3 Å². The predicted molar refractivity (Wildman–Crippen MR) is 76.9 cm³/mol. The number of anilines is 2. The number of aromatic nitrogens is 2. The van der Waals surface area contributed by atoms with Gasteiger partial charge in [-0.25, -0.2) is 4.98 Å². The van der Waals surface area contributed by atoms with Crippen LogP contribution in [0.15, 0.2) is 12.3 Å². The molecule has 1 unspecified atom stereocenters. The number of fused-ring (bicyclic) bond motifs is 1. The Labute approximate surface area is 122 Å². The van der Waals surface area contributed by atoms with E-state index in [1.165, 1.54) is 4.90 Å². The molecule has 112 valence electrons. The van der Waals surface area contributed by atoms with Crippen LogP contribution >= 0.6 is 0 Å². The first-order valence-corrected chi connectivity index (χ1v) is 6.90. The van der Waals surface area contributed by atoms with Crippen LogP contribution in [-0.4, -0.2) is 77.9 Å². The first-order chi connectivity index (χ1) is 10.1. The molecule has 2 saturated heterocycles. The van der Waals surface area contributed by atoms with Crippen LogP contribution in [-0.2, 0) is 9.59 Å². The molecule has 0 bridgehead atoms. The molecule has 2 aliphatic heterocycles. The van der Waals surface area contributed by atoms with Crippen LogP contribution in [0.5, 0.6) is 0 Å². The van der Waals surface area contributed by atoms with Crippen molar-refractivity contribution in [3.8, 4) is 0 Å². The monoisotopic (exact) mass is 290 g/mol. The molecular weight excluding hydrogens is 272 g/mol. The highest BCUT2D eigenvalue weighted by Crippen LogP contribution is 2.20. The normalized spacial score (nSPS) is 22.4. The molecule has 3 heterocycles. The molecule has 0 saturated carbocycles. The van der Waals surface area contributed by atoms with E-state index in [0.29, 0.717) is 25.6 Å². The fourth-order valence-electron chi connectivity index (χ4n) is 2.74. The third kappa shape index (κ3) is 2.37. The second-order valence-corrected chi connectivity index (χ2v) is 5.24. The zero-order valence-electron chi connectivity index (χ0n) is 12.1. The van der Waals surface area contributed by atoms with Gasteiger partial charge in [-0.2, -0.15) is 4.98 Å². The number of carbonyl (C=O) groups is 2. The molecule has 1 atom stereocenters. The maximum Gasteiger partial charge on any atom is 0.247 e. The number of hydrogen-bond acceptors (Lipinski definition) is 6. The molecule has 3 rings (SSSR count). The van der Waals surface area contributed by atoms with Crippen molar-refractivity contribution < 1.29 is 9.59 Å². The lowest BCUT2D eigenvalue weighted by molar-refractivity contribution is -0.154. The minimum atomic E-state index is -0.438. The maximum absolute atomic E-state index is 12.3. The lowest BCUT2D eigenvalue weighted by Crippen LogP contribution is -2.66. The number of carbonyl (C=O) groups excluding carboxylic acids is 2. The second kappa shape index (κ2) is 5.19. The van der Waals surface area contributed by atoms with Crippen molar-refractivity contribution in [1.29, 1.82) is 0 Å². The number of nitrogens with zero attached hydrogens (tertiary/aromatic N) is 5. The molecule has 2 aliphatic rings. The van der Waals surface area contributed by atoms with Crippen LogP contribution in [0, 0.1) is 0 Å². The van der Waals surface area contributed by atoms with Crippen LogP contribution in [0.2, 0.25) is 0 Å². The highest BCUT2D eigenvalue weighted by atomic mass is 16.2. The van der Waals surface area contributed by atoms with E-state index in [9.17, 15) is 9.59 Å². The summed E-state index contributed by atoms with van der Waals surface area (Å²) in [7, 11) is 3.46. The quantitative estimate of drug-likeness (QED) is 0.753. The van der Waals surface area contributed by atoms with E-state index in [-0.39, 0.29) is 18.4 Å². The van der Waals surface area contributed by atoms with Crippen molar-refractivity contribution in [2.75, 3.05) is 50.5 Å². The Balaban J connectivity index is 1.82. The van der Waals surface area contributed by atoms with Crippen LogP contribution in [0.1, 0.15) is 0 Å². The molecule has 0 radical (unpaired) electrons. The van der Waals surface area contributed by atoms with Gasteiger partial charge in [0.25, 0.3) is 0 Å². The Morgan fingerprint density at radius 1 is 1.33 bits per heavy atom. The van der Waals surface area contributed by atoms with Gasteiger partial charge in [0.1, 0.15) is 11.9 Å². The third-order valence-electron chi connectivity index (χ3n) is 3.92. The summed E-state index contributed by atoms with van der Waals surface area (Å²) in [5.74, 6) is 1.29. The average Bonchev–Trinajstić information content (AvgIpc) is 2.52. The van der Waals surface area contributed by atoms with Gasteiger partial charge in [0.15, 0.2) is 0 Å². The summed E-state index contributed by atoms with van der Waals surface area (Å²) in [6.45, 7) is 1.76. The summed E-state index contributed by atoms with van der Waals surface area (Å²) in [5, 5.41) is 2.97. The summed E-state index contributed by atoms with van der Waals surface area (Å²) in [6, 6.07) is 1.34. The van der Waals surface area contributed by atoms with Crippen LogP contribution < -0.4 is 10.2 Å². The van der Waals surface area contributed by atoms with E-state index in [4.69, 9.17) is 0 Å². The topological polar surface area (TPSA) is 81.7 Å². The summed E-state index contributed by atoms with van der Waals surface area (Å²) < 4.78 is 0. The SMILES string of the molecule is CNc1ccnc(N2CCN3C(=O)CN(C)C(=O)C3C2)n1.